The van der Waals surface area contributed by atoms with Gasteiger partial charge in [-0.25, -0.2) is 0 Å². The first kappa shape index (κ1) is 19.4. The monoisotopic (exact) mass is 386 g/mol. The van der Waals surface area contributed by atoms with Gasteiger partial charge in [0.05, 0.1) is 0 Å². The second-order valence-electron chi connectivity index (χ2n) is 8.18. The molecule has 0 saturated heterocycles. The SMILES string of the molecule is CC([C@@H]1CCCC[C@H]1Cc1ccccc1)P(c1ccccc1)c1ccccc1. The zero-order chi connectivity index (χ0) is 19.2. The Hall–Kier alpha value is -1.91. The minimum absolute atomic E-state index is 0.336. The molecule has 0 aromatic heterocycles. The zero-order valence-electron chi connectivity index (χ0n) is 16.9. The van der Waals surface area contributed by atoms with Crippen molar-refractivity contribution in [2.75, 3.05) is 0 Å². The summed E-state index contributed by atoms with van der Waals surface area (Å²) < 4.78 is 0. The van der Waals surface area contributed by atoms with Crippen molar-refractivity contribution in [3.05, 3.63) is 96.6 Å². The maximum Gasteiger partial charge on any atom is -0.0126 e. The molecule has 3 atom stereocenters. The predicted octanol–water partition coefficient (Wildman–Crippen LogP) is 6.56. The summed E-state index contributed by atoms with van der Waals surface area (Å²) in [6, 6.07) is 33.7. The second-order valence-corrected chi connectivity index (χ2v) is 10.8. The van der Waals surface area contributed by atoms with Crippen molar-refractivity contribution in [1.82, 2.24) is 0 Å². The number of benzene rings is 3. The Morgan fingerprint density at radius 3 is 1.79 bits per heavy atom. The molecular weight excluding hydrogens is 355 g/mol. The van der Waals surface area contributed by atoms with Crippen LogP contribution in [0.25, 0.3) is 0 Å². The van der Waals surface area contributed by atoms with E-state index in [2.05, 4.69) is 97.9 Å². The molecule has 4 rings (SSSR count). The van der Waals surface area contributed by atoms with Gasteiger partial charge >= 0.3 is 0 Å². The van der Waals surface area contributed by atoms with Crippen molar-refractivity contribution in [3.63, 3.8) is 0 Å². The van der Waals surface area contributed by atoms with E-state index in [9.17, 15) is 0 Å². The first-order valence-corrected chi connectivity index (χ1v) is 12.2. The Morgan fingerprint density at radius 1 is 0.714 bits per heavy atom. The largest absolute Gasteiger partial charge is 0.0622 e. The molecule has 1 saturated carbocycles. The molecule has 28 heavy (non-hydrogen) atoms. The molecule has 0 nitrogen and oxygen atoms in total. The van der Waals surface area contributed by atoms with E-state index in [0.29, 0.717) is 5.66 Å². The van der Waals surface area contributed by atoms with Crippen molar-refractivity contribution in [2.24, 2.45) is 11.8 Å². The van der Waals surface area contributed by atoms with Crippen molar-refractivity contribution in [2.45, 2.75) is 44.7 Å². The molecule has 0 bridgehead atoms. The molecule has 3 aromatic rings. The molecule has 1 unspecified atom stereocenters. The Balaban J connectivity index is 1.63. The predicted molar refractivity (Wildman–Crippen MR) is 124 cm³/mol. The van der Waals surface area contributed by atoms with Gasteiger partial charge in [-0.2, -0.15) is 0 Å². The Kier molecular flexibility index (Phi) is 6.61. The molecule has 0 radical (unpaired) electrons. The lowest BCUT2D eigenvalue weighted by molar-refractivity contribution is 0.233. The van der Waals surface area contributed by atoms with E-state index in [1.165, 1.54) is 48.3 Å². The summed E-state index contributed by atoms with van der Waals surface area (Å²) >= 11 is 0. The lowest BCUT2D eigenvalue weighted by Gasteiger charge is -2.40. The molecule has 1 aliphatic rings. The Morgan fingerprint density at radius 2 is 1.21 bits per heavy atom. The van der Waals surface area contributed by atoms with E-state index in [4.69, 9.17) is 0 Å². The van der Waals surface area contributed by atoms with Gasteiger partial charge in [-0.3, -0.25) is 0 Å². The number of hydrogen-bond acceptors (Lipinski definition) is 0. The van der Waals surface area contributed by atoms with Crippen LogP contribution in [-0.2, 0) is 6.42 Å². The third kappa shape index (κ3) is 4.56. The molecule has 1 aliphatic carbocycles. The van der Waals surface area contributed by atoms with Crippen LogP contribution in [0.4, 0.5) is 0 Å². The third-order valence-electron chi connectivity index (χ3n) is 6.40. The summed E-state index contributed by atoms with van der Waals surface area (Å²) in [5, 5.41) is 3.06. The molecule has 144 valence electrons. The fourth-order valence-corrected chi connectivity index (χ4v) is 8.03. The average Bonchev–Trinajstić information content (AvgIpc) is 2.76. The number of hydrogen-bond donors (Lipinski definition) is 0. The van der Waals surface area contributed by atoms with E-state index in [1.807, 2.05) is 0 Å². The maximum absolute atomic E-state index is 2.54. The van der Waals surface area contributed by atoms with Crippen molar-refractivity contribution in [3.8, 4) is 0 Å². The Bertz CT molecular complexity index is 788. The van der Waals surface area contributed by atoms with Crippen LogP contribution in [0.3, 0.4) is 0 Å². The smallest absolute Gasteiger partial charge is 0.0126 e. The third-order valence-corrected chi connectivity index (χ3v) is 9.31. The molecule has 1 heteroatoms. The second kappa shape index (κ2) is 9.53. The van der Waals surface area contributed by atoms with E-state index in [0.717, 1.165) is 11.8 Å². The minimum atomic E-state index is -0.336. The van der Waals surface area contributed by atoms with Crippen molar-refractivity contribution >= 4 is 18.5 Å². The van der Waals surface area contributed by atoms with Crippen LogP contribution in [0.5, 0.6) is 0 Å². The Labute approximate surface area is 171 Å². The van der Waals surface area contributed by atoms with Crippen LogP contribution in [0.2, 0.25) is 0 Å². The number of rotatable bonds is 6. The standard InChI is InChI=1S/C27H31P/c1-22(27-20-12-11-15-24(27)21-23-13-5-2-6-14-23)28(25-16-7-3-8-17-25)26-18-9-4-10-19-26/h2-10,13-14,16-19,22,24,27H,11-12,15,20-21H2,1H3/t22?,24-,27-/m0/s1. The summed E-state index contributed by atoms with van der Waals surface area (Å²) in [7, 11) is -0.336. The summed E-state index contributed by atoms with van der Waals surface area (Å²) in [5.41, 5.74) is 2.21. The molecule has 0 amide bonds. The summed E-state index contributed by atoms with van der Waals surface area (Å²) in [6.07, 6.45) is 6.80. The van der Waals surface area contributed by atoms with Crippen molar-refractivity contribution < 1.29 is 0 Å². The molecular formula is C27H31P. The van der Waals surface area contributed by atoms with Gasteiger partial charge in [-0.05, 0) is 60.9 Å². The van der Waals surface area contributed by atoms with Gasteiger partial charge in [0.1, 0.15) is 0 Å². The van der Waals surface area contributed by atoms with Gasteiger partial charge in [-0.1, -0.05) is 111 Å². The quantitative estimate of drug-likeness (QED) is 0.421. The van der Waals surface area contributed by atoms with Gasteiger partial charge in [-0.15, -0.1) is 0 Å². The average molecular weight is 387 g/mol. The maximum atomic E-state index is 2.54. The summed E-state index contributed by atoms with van der Waals surface area (Å²) in [4.78, 5) is 0. The first-order chi connectivity index (χ1) is 13.8. The molecule has 3 aromatic carbocycles. The van der Waals surface area contributed by atoms with Gasteiger partial charge in [0, 0.05) is 0 Å². The van der Waals surface area contributed by atoms with E-state index in [1.54, 1.807) is 0 Å². The minimum Gasteiger partial charge on any atom is -0.0622 e. The van der Waals surface area contributed by atoms with E-state index in [-0.39, 0.29) is 7.92 Å². The molecule has 1 fully saturated rings. The summed E-state index contributed by atoms with van der Waals surface area (Å²) in [6.45, 7) is 2.54. The van der Waals surface area contributed by atoms with Crippen LogP contribution >= 0.6 is 7.92 Å². The van der Waals surface area contributed by atoms with Gasteiger partial charge in [0.15, 0.2) is 0 Å². The van der Waals surface area contributed by atoms with Crippen LogP contribution < -0.4 is 10.6 Å². The molecule has 0 heterocycles. The topological polar surface area (TPSA) is 0 Å². The highest BCUT2D eigenvalue weighted by Crippen LogP contribution is 2.49. The summed E-state index contributed by atoms with van der Waals surface area (Å²) in [5.74, 6) is 1.61. The molecule has 0 aliphatic heterocycles. The fourth-order valence-electron chi connectivity index (χ4n) is 5.03. The van der Waals surface area contributed by atoms with Gasteiger partial charge < -0.3 is 0 Å². The molecule has 0 spiro atoms. The van der Waals surface area contributed by atoms with Gasteiger partial charge in [0.25, 0.3) is 0 Å². The van der Waals surface area contributed by atoms with E-state index < -0.39 is 0 Å². The van der Waals surface area contributed by atoms with Crippen LogP contribution in [0.15, 0.2) is 91.0 Å². The highest BCUT2D eigenvalue weighted by Gasteiger charge is 2.34. The molecule has 0 N–H and O–H groups in total. The van der Waals surface area contributed by atoms with Crippen LogP contribution in [0.1, 0.15) is 38.2 Å². The van der Waals surface area contributed by atoms with Crippen LogP contribution in [0, 0.1) is 11.8 Å². The van der Waals surface area contributed by atoms with Crippen molar-refractivity contribution in [1.29, 1.82) is 0 Å². The normalized spacial score (nSPS) is 20.8. The van der Waals surface area contributed by atoms with Gasteiger partial charge in [0.2, 0.25) is 0 Å². The lowest BCUT2D eigenvalue weighted by Crippen LogP contribution is -2.33. The van der Waals surface area contributed by atoms with Crippen LogP contribution in [-0.4, -0.2) is 5.66 Å². The lowest BCUT2D eigenvalue weighted by atomic mass is 9.75. The highest BCUT2D eigenvalue weighted by molar-refractivity contribution is 7.73. The first-order valence-electron chi connectivity index (χ1n) is 10.8. The zero-order valence-corrected chi connectivity index (χ0v) is 17.8. The fraction of sp³-hybridized carbons (Fsp3) is 0.333. The highest BCUT2D eigenvalue weighted by atomic mass is 31.1. The van der Waals surface area contributed by atoms with E-state index >= 15 is 0 Å².